The van der Waals surface area contributed by atoms with Crippen molar-refractivity contribution in [3.8, 4) is 0 Å². The number of amides is 2. The fourth-order valence-electron chi connectivity index (χ4n) is 1.71. The molecule has 1 atom stereocenters. The summed E-state index contributed by atoms with van der Waals surface area (Å²) in [6.07, 6.45) is 1.09. The minimum absolute atomic E-state index is 0.405. The minimum Gasteiger partial charge on any atom is -0.480 e. The molecule has 0 aliphatic heterocycles. The molecule has 6 heteroatoms. The van der Waals surface area contributed by atoms with Crippen LogP contribution in [0.2, 0.25) is 0 Å². The molecule has 0 heterocycles. The van der Waals surface area contributed by atoms with Crippen LogP contribution in [0.15, 0.2) is 24.3 Å². The summed E-state index contributed by atoms with van der Waals surface area (Å²) in [7, 11) is 3.86. The first-order chi connectivity index (χ1) is 9.43. The molecule has 110 valence electrons. The van der Waals surface area contributed by atoms with Gasteiger partial charge in [0.25, 0.3) is 0 Å². The first-order valence-electron chi connectivity index (χ1n) is 6.51. The van der Waals surface area contributed by atoms with E-state index < -0.39 is 18.0 Å². The van der Waals surface area contributed by atoms with E-state index >= 15 is 0 Å². The van der Waals surface area contributed by atoms with Gasteiger partial charge < -0.3 is 20.6 Å². The van der Waals surface area contributed by atoms with Gasteiger partial charge in [-0.3, -0.25) is 0 Å². The number of carbonyl (C=O) groups excluding carboxylic acids is 1. The Labute approximate surface area is 118 Å². The molecule has 0 radical (unpaired) electrons. The fraction of sp³-hybridized carbons (Fsp3) is 0.429. The molecule has 0 spiro atoms. The average Bonchev–Trinajstić information content (AvgIpc) is 2.38. The molecule has 0 aromatic heterocycles. The maximum Gasteiger partial charge on any atom is 0.326 e. The SMILES string of the molecule is CCC[C@H](NC(=O)Nc1ccc(N(C)C)cc1)C(=O)O. The van der Waals surface area contributed by atoms with Crippen molar-refractivity contribution in [2.45, 2.75) is 25.8 Å². The van der Waals surface area contributed by atoms with Crippen molar-refractivity contribution in [2.24, 2.45) is 0 Å². The maximum atomic E-state index is 11.7. The smallest absolute Gasteiger partial charge is 0.326 e. The monoisotopic (exact) mass is 279 g/mol. The zero-order chi connectivity index (χ0) is 15.1. The van der Waals surface area contributed by atoms with E-state index in [1.54, 1.807) is 12.1 Å². The van der Waals surface area contributed by atoms with Crippen molar-refractivity contribution in [1.29, 1.82) is 0 Å². The van der Waals surface area contributed by atoms with E-state index in [1.165, 1.54) is 0 Å². The zero-order valence-electron chi connectivity index (χ0n) is 12.0. The average molecular weight is 279 g/mol. The van der Waals surface area contributed by atoms with Crippen LogP contribution in [0.1, 0.15) is 19.8 Å². The van der Waals surface area contributed by atoms with Crippen LogP contribution in [-0.4, -0.2) is 37.2 Å². The molecule has 0 aliphatic carbocycles. The zero-order valence-corrected chi connectivity index (χ0v) is 12.0. The summed E-state index contributed by atoms with van der Waals surface area (Å²) in [5, 5.41) is 14.0. The second-order valence-corrected chi connectivity index (χ2v) is 4.72. The Morgan fingerprint density at radius 1 is 1.25 bits per heavy atom. The van der Waals surface area contributed by atoms with Gasteiger partial charge >= 0.3 is 12.0 Å². The molecule has 6 nitrogen and oxygen atoms in total. The topological polar surface area (TPSA) is 81.7 Å². The Morgan fingerprint density at radius 3 is 2.30 bits per heavy atom. The normalized spacial score (nSPS) is 11.6. The van der Waals surface area contributed by atoms with Crippen molar-refractivity contribution in [3.05, 3.63) is 24.3 Å². The molecular weight excluding hydrogens is 258 g/mol. The molecule has 0 bridgehead atoms. The van der Waals surface area contributed by atoms with Crippen LogP contribution in [0.3, 0.4) is 0 Å². The molecule has 3 N–H and O–H groups in total. The van der Waals surface area contributed by atoms with Gasteiger partial charge in [-0.25, -0.2) is 9.59 Å². The highest BCUT2D eigenvalue weighted by Crippen LogP contribution is 2.15. The van der Waals surface area contributed by atoms with Crippen molar-refractivity contribution >= 4 is 23.4 Å². The highest BCUT2D eigenvalue weighted by Gasteiger charge is 2.18. The van der Waals surface area contributed by atoms with E-state index in [2.05, 4.69) is 10.6 Å². The van der Waals surface area contributed by atoms with E-state index in [0.717, 1.165) is 5.69 Å². The number of hydrogen-bond donors (Lipinski definition) is 3. The lowest BCUT2D eigenvalue weighted by molar-refractivity contribution is -0.139. The van der Waals surface area contributed by atoms with Crippen LogP contribution >= 0.6 is 0 Å². The number of hydrogen-bond acceptors (Lipinski definition) is 3. The van der Waals surface area contributed by atoms with Gasteiger partial charge in [0.05, 0.1) is 0 Å². The van der Waals surface area contributed by atoms with E-state index in [-0.39, 0.29) is 0 Å². The summed E-state index contributed by atoms with van der Waals surface area (Å²) < 4.78 is 0. The van der Waals surface area contributed by atoms with E-state index in [1.807, 2.05) is 38.1 Å². The van der Waals surface area contributed by atoms with Gasteiger partial charge in [0.15, 0.2) is 0 Å². The van der Waals surface area contributed by atoms with Gasteiger partial charge in [0.2, 0.25) is 0 Å². The number of rotatable bonds is 6. The summed E-state index contributed by atoms with van der Waals surface area (Å²) in [4.78, 5) is 24.6. The number of carboxylic acid groups (broad SMARTS) is 1. The van der Waals surface area contributed by atoms with Gasteiger partial charge in [-0.1, -0.05) is 13.3 Å². The van der Waals surface area contributed by atoms with Crippen molar-refractivity contribution in [3.63, 3.8) is 0 Å². The van der Waals surface area contributed by atoms with Crippen molar-refractivity contribution in [2.75, 3.05) is 24.3 Å². The number of carboxylic acids is 1. The summed E-state index contributed by atoms with van der Waals surface area (Å²) in [6, 6.07) is 5.91. The molecule has 0 saturated carbocycles. The molecule has 1 aromatic carbocycles. The predicted octanol–water partition coefficient (Wildman–Crippen LogP) is 2.13. The van der Waals surface area contributed by atoms with Crippen molar-refractivity contribution in [1.82, 2.24) is 5.32 Å². The summed E-state index contributed by atoms with van der Waals surface area (Å²) in [6.45, 7) is 1.87. The second kappa shape index (κ2) is 7.37. The standard InChI is InChI=1S/C14H21N3O3/c1-4-5-12(13(18)19)16-14(20)15-10-6-8-11(9-7-10)17(2)3/h6-9,12H,4-5H2,1-3H3,(H,18,19)(H2,15,16,20)/t12-/m0/s1. The lowest BCUT2D eigenvalue weighted by Gasteiger charge is -2.15. The van der Waals surface area contributed by atoms with Crippen LogP contribution in [0, 0.1) is 0 Å². The summed E-state index contributed by atoms with van der Waals surface area (Å²) in [5.41, 5.74) is 1.64. The molecule has 2 amide bonds. The van der Waals surface area contributed by atoms with E-state index in [9.17, 15) is 9.59 Å². The number of urea groups is 1. The Bertz CT molecular complexity index is 457. The van der Waals surface area contributed by atoms with Gasteiger partial charge in [-0.15, -0.1) is 0 Å². The van der Waals surface area contributed by atoms with Gasteiger partial charge in [-0.05, 0) is 30.7 Å². The lowest BCUT2D eigenvalue weighted by Crippen LogP contribution is -2.42. The van der Waals surface area contributed by atoms with Crippen LogP contribution in [0.4, 0.5) is 16.2 Å². The van der Waals surface area contributed by atoms with Gasteiger partial charge in [-0.2, -0.15) is 0 Å². The van der Waals surface area contributed by atoms with Crippen molar-refractivity contribution < 1.29 is 14.7 Å². The van der Waals surface area contributed by atoms with Gasteiger partial charge in [0.1, 0.15) is 6.04 Å². The van der Waals surface area contributed by atoms with Gasteiger partial charge in [0, 0.05) is 25.5 Å². The number of nitrogens with zero attached hydrogens (tertiary/aromatic N) is 1. The summed E-state index contributed by atoms with van der Waals surface area (Å²) in [5.74, 6) is -1.02. The first-order valence-corrected chi connectivity index (χ1v) is 6.51. The highest BCUT2D eigenvalue weighted by atomic mass is 16.4. The number of benzene rings is 1. The second-order valence-electron chi connectivity index (χ2n) is 4.72. The van der Waals surface area contributed by atoms with Crippen LogP contribution in [-0.2, 0) is 4.79 Å². The largest absolute Gasteiger partial charge is 0.480 e. The number of carbonyl (C=O) groups is 2. The number of anilines is 2. The molecule has 0 unspecified atom stereocenters. The Morgan fingerprint density at radius 2 is 1.85 bits per heavy atom. The third-order valence-electron chi connectivity index (χ3n) is 2.82. The Balaban J connectivity index is 2.59. The summed E-state index contributed by atoms with van der Waals surface area (Å²) >= 11 is 0. The minimum atomic E-state index is -1.02. The molecule has 0 fully saturated rings. The Kier molecular flexibility index (Phi) is 5.83. The number of aliphatic carboxylic acids is 1. The molecule has 0 saturated heterocycles. The number of nitrogens with one attached hydrogen (secondary N) is 2. The quantitative estimate of drug-likeness (QED) is 0.745. The highest BCUT2D eigenvalue weighted by molar-refractivity contribution is 5.92. The van der Waals surface area contributed by atoms with E-state index in [4.69, 9.17) is 5.11 Å². The molecule has 0 aliphatic rings. The first kappa shape index (κ1) is 15.8. The fourth-order valence-corrected chi connectivity index (χ4v) is 1.71. The Hall–Kier alpha value is -2.24. The third kappa shape index (κ3) is 4.79. The lowest BCUT2D eigenvalue weighted by atomic mass is 10.2. The molecule has 1 rings (SSSR count). The molecule has 20 heavy (non-hydrogen) atoms. The van der Waals surface area contributed by atoms with Crippen LogP contribution < -0.4 is 15.5 Å². The predicted molar refractivity (Wildman–Crippen MR) is 79.3 cm³/mol. The maximum absolute atomic E-state index is 11.7. The van der Waals surface area contributed by atoms with Crippen LogP contribution in [0.5, 0.6) is 0 Å². The van der Waals surface area contributed by atoms with Crippen LogP contribution in [0.25, 0.3) is 0 Å². The molecule has 1 aromatic rings. The van der Waals surface area contributed by atoms with E-state index in [0.29, 0.717) is 18.5 Å². The third-order valence-corrected chi connectivity index (χ3v) is 2.82. The molecular formula is C14H21N3O3.